The maximum Gasteiger partial charge on any atom is 0.0912 e. The summed E-state index contributed by atoms with van der Waals surface area (Å²) in [6.07, 6.45) is 2.04. The van der Waals surface area contributed by atoms with E-state index in [1.807, 2.05) is 25.0 Å². The van der Waals surface area contributed by atoms with E-state index in [-0.39, 0.29) is 0 Å². The van der Waals surface area contributed by atoms with Gasteiger partial charge in [0.2, 0.25) is 0 Å². The van der Waals surface area contributed by atoms with Crippen LogP contribution in [0.15, 0.2) is 11.6 Å². The summed E-state index contributed by atoms with van der Waals surface area (Å²) < 4.78 is 0. The molecule has 0 aromatic rings. The van der Waals surface area contributed by atoms with Crippen LogP contribution in [0.1, 0.15) is 6.92 Å². The maximum atomic E-state index is 3.04. The lowest BCUT2D eigenvalue weighted by Gasteiger charge is -2.18. The molecule has 0 saturated carbocycles. The third-order valence-electron chi connectivity index (χ3n) is 1.15. The van der Waals surface area contributed by atoms with Crippen molar-refractivity contribution >= 4 is 11.8 Å². The van der Waals surface area contributed by atoms with Crippen LogP contribution in [0, 0.1) is 0 Å². The van der Waals surface area contributed by atoms with Crippen molar-refractivity contribution < 1.29 is 0 Å². The Labute approximate surface area is 53.9 Å². The van der Waals surface area contributed by atoms with Gasteiger partial charge in [-0.25, -0.2) is 5.43 Å². The maximum absolute atomic E-state index is 3.04. The van der Waals surface area contributed by atoms with Crippen molar-refractivity contribution in [3.8, 4) is 0 Å². The lowest BCUT2D eigenvalue weighted by Crippen LogP contribution is -2.32. The molecule has 1 N–H and O–H groups in total. The Bertz CT molecular complexity index is 103. The van der Waals surface area contributed by atoms with Crippen molar-refractivity contribution in [1.82, 2.24) is 10.4 Å². The number of hydrogen-bond acceptors (Lipinski definition) is 3. The van der Waals surface area contributed by atoms with Crippen LogP contribution in [-0.4, -0.2) is 17.4 Å². The van der Waals surface area contributed by atoms with E-state index in [1.54, 1.807) is 0 Å². The third-order valence-corrected chi connectivity index (χ3v) is 2.05. The number of thioether (sulfide) groups is 1. The molecule has 0 amide bonds. The van der Waals surface area contributed by atoms with Crippen molar-refractivity contribution in [1.29, 1.82) is 0 Å². The van der Waals surface area contributed by atoms with E-state index in [9.17, 15) is 0 Å². The van der Waals surface area contributed by atoms with Crippen LogP contribution in [0.5, 0.6) is 0 Å². The van der Waals surface area contributed by atoms with Crippen LogP contribution in [0.3, 0.4) is 0 Å². The molecule has 1 heterocycles. The molecule has 46 valence electrons. The summed E-state index contributed by atoms with van der Waals surface area (Å²) in [6, 6.07) is 0. The Morgan fingerprint density at radius 2 is 2.50 bits per heavy atom. The van der Waals surface area contributed by atoms with Crippen molar-refractivity contribution in [2.24, 2.45) is 0 Å². The minimum absolute atomic E-state index is 0.556. The second-order valence-corrected chi connectivity index (χ2v) is 2.88. The highest BCUT2D eigenvalue weighted by Crippen LogP contribution is 2.21. The van der Waals surface area contributed by atoms with Crippen molar-refractivity contribution in [3.05, 3.63) is 11.6 Å². The normalized spacial score (nSPS) is 27.2. The first-order chi connectivity index (χ1) is 3.84. The van der Waals surface area contributed by atoms with Crippen LogP contribution >= 0.6 is 11.8 Å². The molecule has 0 bridgehead atoms. The zero-order chi connectivity index (χ0) is 5.98. The van der Waals surface area contributed by atoms with E-state index >= 15 is 0 Å². The van der Waals surface area contributed by atoms with Crippen LogP contribution in [0.4, 0.5) is 0 Å². The summed E-state index contributed by atoms with van der Waals surface area (Å²) in [5.41, 5.74) is 3.04. The predicted molar refractivity (Wildman–Crippen MR) is 37.1 cm³/mol. The minimum atomic E-state index is 0.556. The molecule has 2 nitrogen and oxygen atoms in total. The molecule has 0 aromatic carbocycles. The van der Waals surface area contributed by atoms with Crippen molar-refractivity contribution in [2.45, 2.75) is 12.3 Å². The van der Waals surface area contributed by atoms with E-state index in [1.165, 1.54) is 0 Å². The molecule has 1 rings (SSSR count). The monoisotopic (exact) mass is 130 g/mol. The topological polar surface area (TPSA) is 15.3 Å². The van der Waals surface area contributed by atoms with Gasteiger partial charge in [-0.3, -0.25) is 0 Å². The van der Waals surface area contributed by atoms with Gasteiger partial charge < -0.3 is 5.01 Å². The van der Waals surface area contributed by atoms with E-state index < -0.39 is 0 Å². The molecule has 0 saturated heterocycles. The SMILES string of the molecule is CNN1C=CSC1C. The molecular formula is C5H10N2S. The Hall–Kier alpha value is -0.150. The Morgan fingerprint density at radius 3 is 2.75 bits per heavy atom. The van der Waals surface area contributed by atoms with Gasteiger partial charge in [-0.1, -0.05) is 0 Å². The van der Waals surface area contributed by atoms with Gasteiger partial charge in [0, 0.05) is 13.2 Å². The predicted octanol–water partition coefficient (Wildman–Crippen LogP) is 0.987. The zero-order valence-corrected chi connectivity index (χ0v) is 5.90. The smallest absolute Gasteiger partial charge is 0.0912 e. The van der Waals surface area contributed by atoms with E-state index in [0.29, 0.717) is 5.37 Å². The Kier molecular flexibility index (Phi) is 1.81. The number of rotatable bonds is 1. The van der Waals surface area contributed by atoms with Crippen LogP contribution in [0.2, 0.25) is 0 Å². The summed E-state index contributed by atoms with van der Waals surface area (Å²) in [4.78, 5) is 0. The first kappa shape index (κ1) is 5.98. The molecule has 1 atom stereocenters. The first-order valence-corrected chi connectivity index (χ1v) is 3.56. The fraction of sp³-hybridized carbons (Fsp3) is 0.600. The van der Waals surface area contributed by atoms with Crippen molar-refractivity contribution in [3.63, 3.8) is 0 Å². The summed E-state index contributed by atoms with van der Waals surface area (Å²) in [5.74, 6) is 0. The molecule has 0 fully saturated rings. The zero-order valence-electron chi connectivity index (χ0n) is 5.09. The average Bonchev–Trinajstić information content (AvgIpc) is 2.14. The largest absolute Gasteiger partial charge is 0.302 e. The molecule has 0 aliphatic carbocycles. The first-order valence-electron chi connectivity index (χ1n) is 2.62. The van der Waals surface area contributed by atoms with Gasteiger partial charge in [-0.05, 0) is 12.3 Å². The second-order valence-electron chi connectivity index (χ2n) is 1.65. The van der Waals surface area contributed by atoms with Crippen LogP contribution < -0.4 is 5.43 Å². The number of nitrogens with one attached hydrogen (secondary N) is 1. The summed E-state index contributed by atoms with van der Waals surface area (Å²) in [7, 11) is 1.92. The fourth-order valence-electron chi connectivity index (χ4n) is 0.658. The summed E-state index contributed by atoms with van der Waals surface area (Å²) in [5, 5.41) is 4.70. The minimum Gasteiger partial charge on any atom is -0.302 e. The quantitative estimate of drug-likeness (QED) is 0.569. The van der Waals surface area contributed by atoms with Gasteiger partial charge in [0.25, 0.3) is 0 Å². The van der Waals surface area contributed by atoms with Crippen molar-refractivity contribution in [2.75, 3.05) is 7.05 Å². The number of hydrazine groups is 1. The highest BCUT2D eigenvalue weighted by molar-refractivity contribution is 8.02. The van der Waals surface area contributed by atoms with E-state index in [4.69, 9.17) is 0 Å². The van der Waals surface area contributed by atoms with Gasteiger partial charge in [-0.2, -0.15) is 0 Å². The van der Waals surface area contributed by atoms with E-state index in [2.05, 4.69) is 22.8 Å². The van der Waals surface area contributed by atoms with Gasteiger partial charge >= 0.3 is 0 Å². The molecular weight excluding hydrogens is 120 g/mol. The van der Waals surface area contributed by atoms with Gasteiger partial charge in [-0.15, -0.1) is 11.8 Å². The summed E-state index contributed by atoms with van der Waals surface area (Å²) in [6.45, 7) is 2.15. The molecule has 1 aliphatic heterocycles. The average molecular weight is 130 g/mol. The highest BCUT2D eigenvalue weighted by atomic mass is 32.2. The molecule has 1 aliphatic rings. The molecule has 8 heavy (non-hydrogen) atoms. The molecule has 1 unspecified atom stereocenters. The van der Waals surface area contributed by atoms with Crippen LogP contribution in [-0.2, 0) is 0 Å². The molecule has 3 heteroatoms. The fourth-order valence-corrected chi connectivity index (χ4v) is 1.39. The van der Waals surface area contributed by atoms with Gasteiger partial charge in [0.15, 0.2) is 0 Å². The molecule has 0 radical (unpaired) electrons. The molecule has 0 spiro atoms. The Balaban J connectivity index is 2.41. The third kappa shape index (κ3) is 0.980. The number of nitrogens with zero attached hydrogens (tertiary/aromatic N) is 1. The highest BCUT2D eigenvalue weighted by Gasteiger charge is 2.10. The summed E-state index contributed by atoms with van der Waals surface area (Å²) >= 11 is 1.81. The molecule has 0 aromatic heterocycles. The Morgan fingerprint density at radius 1 is 1.75 bits per heavy atom. The van der Waals surface area contributed by atoms with Gasteiger partial charge in [0.1, 0.15) is 0 Å². The standard InChI is InChI=1S/C5H10N2S/c1-5-7(6-2)3-4-8-5/h3-6H,1-2H3. The van der Waals surface area contributed by atoms with Gasteiger partial charge in [0.05, 0.1) is 5.37 Å². The van der Waals surface area contributed by atoms with E-state index in [0.717, 1.165) is 0 Å². The lowest BCUT2D eigenvalue weighted by molar-refractivity contribution is 0.298. The number of hydrogen-bond donors (Lipinski definition) is 1. The second kappa shape index (κ2) is 2.42. The van der Waals surface area contributed by atoms with Crippen LogP contribution in [0.25, 0.3) is 0 Å². The lowest BCUT2D eigenvalue weighted by atomic mass is 10.7.